The molecular formula is C14H21N3O. The fraction of sp³-hybridized carbons (Fsp3) is 0.571. The van der Waals surface area contributed by atoms with Crippen LogP contribution in [0.5, 0.6) is 0 Å². The van der Waals surface area contributed by atoms with Gasteiger partial charge in [-0.3, -0.25) is 9.78 Å². The lowest BCUT2D eigenvalue weighted by Gasteiger charge is -2.36. The summed E-state index contributed by atoms with van der Waals surface area (Å²) < 4.78 is 0. The fourth-order valence-corrected chi connectivity index (χ4v) is 2.71. The van der Waals surface area contributed by atoms with Gasteiger partial charge in [0.1, 0.15) is 0 Å². The topological polar surface area (TPSA) is 59.2 Å². The van der Waals surface area contributed by atoms with Gasteiger partial charge in [0.05, 0.1) is 6.04 Å². The highest BCUT2D eigenvalue weighted by atomic mass is 16.2. The number of likely N-dealkylation sites (tertiary alicyclic amines) is 1. The Bertz CT molecular complexity index is 405. The van der Waals surface area contributed by atoms with Crippen LogP contribution >= 0.6 is 0 Å². The standard InChI is InChI=1S/C14H21N3O/c1-10(2)17-13(18)5-3-4-12(15)14(17)11-6-8-16-9-7-11/h6-10,12,14H,3-5,15H2,1-2H3. The summed E-state index contributed by atoms with van der Waals surface area (Å²) in [6, 6.07) is 4.06. The Hall–Kier alpha value is -1.42. The van der Waals surface area contributed by atoms with Gasteiger partial charge in [-0.15, -0.1) is 0 Å². The molecule has 18 heavy (non-hydrogen) atoms. The molecule has 1 amide bonds. The number of nitrogens with zero attached hydrogens (tertiary/aromatic N) is 2. The van der Waals surface area contributed by atoms with Crippen LogP contribution < -0.4 is 5.73 Å². The molecule has 4 nitrogen and oxygen atoms in total. The Labute approximate surface area is 108 Å². The zero-order valence-corrected chi connectivity index (χ0v) is 11.0. The van der Waals surface area contributed by atoms with Crippen molar-refractivity contribution < 1.29 is 4.79 Å². The largest absolute Gasteiger partial charge is 0.332 e. The molecule has 1 aromatic heterocycles. The lowest BCUT2D eigenvalue weighted by molar-refractivity contribution is -0.135. The average molecular weight is 247 g/mol. The SMILES string of the molecule is CC(C)N1C(=O)CCCC(N)C1c1ccncc1. The van der Waals surface area contributed by atoms with Gasteiger partial charge < -0.3 is 10.6 Å². The minimum absolute atomic E-state index is 0.00116. The second-order valence-electron chi connectivity index (χ2n) is 5.18. The molecule has 0 aliphatic carbocycles. The molecule has 1 aliphatic heterocycles. The van der Waals surface area contributed by atoms with Crippen molar-refractivity contribution in [2.24, 2.45) is 5.73 Å². The predicted octanol–water partition coefficient (Wildman–Crippen LogP) is 1.87. The van der Waals surface area contributed by atoms with Gasteiger partial charge in [0.25, 0.3) is 0 Å². The van der Waals surface area contributed by atoms with Crippen molar-refractivity contribution in [1.29, 1.82) is 0 Å². The Morgan fingerprint density at radius 2 is 2.06 bits per heavy atom. The summed E-state index contributed by atoms with van der Waals surface area (Å²) in [6.07, 6.45) is 5.89. The third kappa shape index (κ3) is 2.53. The molecule has 0 aromatic carbocycles. The van der Waals surface area contributed by atoms with E-state index in [1.165, 1.54) is 0 Å². The molecule has 0 radical (unpaired) electrons. The molecule has 4 heteroatoms. The van der Waals surface area contributed by atoms with Crippen LogP contribution in [0, 0.1) is 0 Å². The third-order valence-corrected chi connectivity index (χ3v) is 3.53. The van der Waals surface area contributed by atoms with E-state index >= 15 is 0 Å². The molecule has 2 N–H and O–H groups in total. The number of hydrogen-bond donors (Lipinski definition) is 1. The van der Waals surface area contributed by atoms with Gasteiger partial charge in [-0.2, -0.15) is 0 Å². The van der Waals surface area contributed by atoms with Gasteiger partial charge in [0.15, 0.2) is 0 Å². The highest BCUT2D eigenvalue weighted by Gasteiger charge is 2.34. The van der Waals surface area contributed by atoms with Crippen LogP contribution in [-0.4, -0.2) is 27.9 Å². The molecule has 0 spiro atoms. The molecule has 1 aliphatic rings. The number of aromatic nitrogens is 1. The number of carbonyl (C=O) groups is 1. The lowest BCUT2D eigenvalue weighted by atomic mass is 9.96. The van der Waals surface area contributed by atoms with Gasteiger partial charge in [0.2, 0.25) is 5.91 Å². The summed E-state index contributed by atoms with van der Waals surface area (Å²) >= 11 is 0. The first-order valence-electron chi connectivity index (χ1n) is 6.58. The van der Waals surface area contributed by atoms with Gasteiger partial charge >= 0.3 is 0 Å². The number of hydrogen-bond acceptors (Lipinski definition) is 3. The summed E-state index contributed by atoms with van der Waals surface area (Å²) in [6.45, 7) is 4.09. The molecule has 98 valence electrons. The second kappa shape index (κ2) is 5.48. The van der Waals surface area contributed by atoms with Crippen molar-refractivity contribution >= 4 is 5.91 Å². The van der Waals surface area contributed by atoms with Crippen molar-refractivity contribution in [3.8, 4) is 0 Å². The zero-order chi connectivity index (χ0) is 13.1. The van der Waals surface area contributed by atoms with E-state index in [1.807, 2.05) is 30.9 Å². The van der Waals surface area contributed by atoms with E-state index in [4.69, 9.17) is 5.73 Å². The van der Waals surface area contributed by atoms with Crippen molar-refractivity contribution in [3.63, 3.8) is 0 Å². The first kappa shape index (κ1) is 13.0. The molecule has 0 bridgehead atoms. The Kier molecular flexibility index (Phi) is 3.97. The first-order valence-corrected chi connectivity index (χ1v) is 6.58. The van der Waals surface area contributed by atoms with Gasteiger partial charge in [-0.1, -0.05) is 0 Å². The molecule has 2 atom stereocenters. The summed E-state index contributed by atoms with van der Waals surface area (Å²) in [5, 5.41) is 0. The molecule has 0 saturated carbocycles. The van der Waals surface area contributed by atoms with Gasteiger partial charge in [-0.25, -0.2) is 0 Å². The molecule has 1 aromatic rings. The minimum atomic E-state index is -0.0250. The molecule has 2 heterocycles. The number of nitrogens with two attached hydrogens (primary N) is 1. The molecular weight excluding hydrogens is 226 g/mol. The number of carbonyl (C=O) groups excluding carboxylic acids is 1. The van der Waals surface area contributed by atoms with Crippen molar-refractivity contribution in [3.05, 3.63) is 30.1 Å². The van der Waals surface area contributed by atoms with E-state index in [2.05, 4.69) is 4.98 Å². The number of pyridine rings is 1. The molecule has 1 fully saturated rings. The summed E-state index contributed by atoms with van der Waals surface area (Å²) in [7, 11) is 0. The maximum atomic E-state index is 12.2. The summed E-state index contributed by atoms with van der Waals surface area (Å²) in [5.41, 5.74) is 7.37. The van der Waals surface area contributed by atoms with Gasteiger partial charge in [-0.05, 0) is 44.4 Å². The predicted molar refractivity (Wildman–Crippen MR) is 70.8 cm³/mol. The third-order valence-electron chi connectivity index (χ3n) is 3.53. The Morgan fingerprint density at radius 1 is 1.39 bits per heavy atom. The zero-order valence-electron chi connectivity index (χ0n) is 11.0. The van der Waals surface area contributed by atoms with E-state index in [0.29, 0.717) is 6.42 Å². The smallest absolute Gasteiger partial charge is 0.223 e. The van der Waals surface area contributed by atoms with Crippen LogP contribution in [0.15, 0.2) is 24.5 Å². The highest BCUT2D eigenvalue weighted by Crippen LogP contribution is 2.31. The van der Waals surface area contributed by atoms with Crippen LogP contribution in [0.3, 0.4) is 0 Å². The van der Waals surface area contributed by atoms with Crippen LogP contribution in [0.1, 0.15) is 44.7 Å². The molecule has 2 rings (SSSR count). The minimum Gasteiger partial charge on any atom is -0.332 e. The van der Waals surface area contributed by atoms with E-state index in [1.54, 1.807) is 12.4 Å². The molecule has 2 unspecified atom stereocenters. The molecule has 1 saturated heterocycles. The van der Waals surface area contributed by atoms with Crippen LogP contribution in [0.2, 0.25) is 0 Å². The maximum Gasteiger partial charge on any atom is 0.223 e. The van der Waals surface area contributed by atoms with Crippen molar-refractivity contribution in [2.45, 2.75) is 51.2 Å². The quantitative estimate of drug-likeness (QED) is 0.868. The van der Waals surface area contributed by atoms with Crippen LogP contribution in [-0.2, 0) is 4.79 Å². The maximum absolute atomic E-state index is 12.2. The van der Waals surface area contributed by atoms with Crippen LogP contribution in [0.25, 0.3) is 0 Å². The highest BCUT2D eigenvalue weighted by molar-refractivity contribution is 5.77. The summed E-state index contributed by atoms with van der Waals surface area (Å²) in [5.74, 6) is 0.208. The lowest BCUT2D eigenvalue weighted by Crippen LogP contribution is -2.45. The average Bonchev–Trinajstić information content (AvgIpc) is 2.49. The normalized spacial score (nSPS) is 25.3. The van der Waals surface area contributed by atoms with E-state index in [9.17, 15) is 4.79 Å². The second-order valence-corrected chi connectivity index (χ2v) is 5.18. The van der Waals surface area contributed by atoms with Gasteiger partial charge in [0, 0.05) is 30.9 Å². The van der Waals surface area contributed by atoms with E-state index in [-0.39, 0.29) is 24.0 Å². The Balaban J connectivity index is 2.39. The van der Waals surface area contributed by atoms with Crippen molar-refractivity contribution in [1.82, 2.24) is 9.88 Å². The number of amides is 1. The van der Waals surface area contributed by atoms with Crippen LogP contribution in [0.4, 0.5) is 0 Å². The van der Waals surface area contributed by atoms with E-state index in [0.717, 1.165) is 18.4 Å². The number of rotatable bonds is 2. The first-order chi connectivity index (χ1) is 8.61. The van der Waals surface area contributed by atoms with E-state index < -0.39 is 0 Å². The van der Waals surface area contributed by atoms with Crippen molar-refractivity contribution in [2.75, 3.05) is 0 Å². The monoisotopic (exact) mass is 247 g/mol. The summed E-state index contributed by atoms with van der Waals surface area (Å²) in [4.78, 5) is 18.2. The Morgan fingerprint density at radius 3 is 2.67 bits per heavy atom. The fourth-order valence-electron chi connectivity index (χ4n) is 2.71.